The molecule has 0 saturated carbocycles. The maximum absolute atomic E-state index is 13.1. The molecule has 3 aliphatic rings. The maximum Gasteiger partial charge on any atom is 0.226 e. The van der Waals surface area contributed by atoms with Gasteiger partial charge in [-0.1, -0.05) is 0 Å². The molecule has 8 heteroatoms. The van der Waals surface area contributed by atoms with Crippen LogP contribution in [-0.2, 0) is 14.8 Å². The summed E-state index contributed by atoms with van der Waals surface area (Å²) in [7, 11) is -3.16. The van der Waals surface area contributed by atoms with Crippen molar-refractivity contribution in [2.75, 3.05) is 19.3 Å². The van der Waals surface area contributed by atoms with Crippen LogP contribution in [0.25, 0.3) is 0 Å². The number of aromatic nitrogens is 1. The summed E-state index contributed by atoms with van der Waals surface area (Å²) < 4.78 is 30.9. The van der Waals surface area contributed by atoms with E-state index in [2.05, 4.69) is 9.88 Å². The first-order valence-corrected chi connectivity index (χ1v) is 11.6. The maximum atomic E-state index is 13.1. The minimum atomic E-state index is -3.16. The lowest BCUT2D eigenvalue weighted by Gasteiger charge is -2.41. The Kier molecular flexibility index (Phi) is 5.11. The molecular weight excluding hydrogens is 366 g/mol. The van der Waals surface area contributed by atoms with E-state index in [0.717, 1.165) is 31.4 Å². The third kappa shape index (κ3) is 3.96. The van der Waals surface area contributed by atoms with Gasteiger partial charge in [0.2, 0.25) is 15.9 Å². The summed E-state index contributed by atoms with van der Waals surface area (Å²) in [5, 5.41) is 0. The largest absolute Gasteiger partial charge is 0.489 e. The highest BCUT2D eigenvalue weighted by molar-refractivity contribution is 7.88. The van der Waals surface area contributed by atoms with Gasteiger partial charge in [-0.2, -0.15) is 0 Å². The van der Waals surface area contributed by atoms with Gasteiger partial charge in [-0.15, -0.1) is 0 Å². The van der Waals surface area contributed by atoms with Crippen LogP contribution in [0.1, 0.15) is 38.5 Å². The van der Waals surface area contributed by atoms with Crippen molar-refractivity contribution in [3.05, 3.63) is 24.5 Å². The highest BCUT2D eigenvalue weighted by Crippen LogP contribution is 2.39. The van der Waals surface area contributed by atoms with Gasteiger partial charge in [0.1, 0.15) is 11.9 Å². The Hall–Kier alpha value is -1.67. The van der Waals surface area contributed by atoms with Crippen molar-refractivity contribution < 1.29 is 17.9 Å². The Labute approximate surface area is 160 Å². The number of amides is 1. The SMILES string of the molecule is CS(=O)(=O)N1CCC(C(=O)N2C3CCC2CC(Oc2cccnc2)C3)CC1. The van der Waals surface area contributed by atoms with E-state index in [4.69, 9.17) is 4.74 Å². The van der Waals surface area contributed by atoms with Crippen LogP contribution in [0.5, 0.6) is 5.75 Å². The molecule has 4 rings (SSSR count). The fourth-order valence-electron chi connectivity index (χ4n) is 4.84. The van der Waals surface area contributed by atoms with Gasteiger partial charge in [0.15, 0.2) is 0 Å². The van der Waals surface area contributed by atoms with Crippen LogP contribution in [0, 0.1) is 5.92 Å². The predicted molar refractivity (Wildman–Crippen MR) is 101 cm³/mol. The van der Waals surface area contributed by atoms with Gasteiger partial charge in [0.05, 0.1) is 12.5 Å². The molecule has 27 heavy (non-hydrogen) atoms. The topological polar surface area (TPSA) is 79.8 Å². The lowest BCUT2D eigenvalue weighted by molar-refractivity contribution is -0.142. The van der Waals surface area contributed by atoms with Crippen molar-refractivity contribution in [2.24, 2.45) is 5.92 Å². The number of sulfonamides is 1. The molecule has 2 unspecified atom stereocenters. The number of nitrogens with zero attached hydrogens (tertiary/aromatic N) is 3. The molecule has 1 amide bonds. The second kappa shape index (κ2) is 7.39. The zero-order valence-corrected chi connectivity index (χ0v) is 16.5. The first-order valence-electron chi connectivity index (χ1n) is 9.76. The molecule has 0 N–H and O–H groups in total. The zero-order chi connectivity index (χ0) is 19.0. The smallest absolute Gasteiger partial charge is 0.226 e. The summed E-state index contributed by atoms with van der Waals surface area (Å²) >= 11 is 0. The molecule has 1 aromatic heterocycles. The summed E-state index contributed by atoms with van der Waals surface area (Å²) in [5.74, 6) is 0.951. The number of hydrogen-bond acceptors (Lipinski definition) is 5. The first kappa shape index (κ1) is 18.7. The minimum Gasteiger partial charge on any atom is -0.489 e. The number of rotatable bonds is 4. The predicted octanol–water partition coefficient (Wildman–Crippen LogP) is 1.65. The summed E-state index contributed by atoms with van der Waals surface area (Å²) in [6.07, 6.45) is 9.86. The third-order valence-electron chi connectivity index (χ3n) is 6.15. The normalized spacial score (nSPS) is 29.7. The van der Waals surface area contributed by atoms with E-state index in [1.165, 1.54) is 10.6 Å². The average Bonchev–Trinajstić information content (AvgIpc) is 2.92. The fourth-order valence-corrected chi connectivity index (χ4v) is 5.71. The van der Waals surface area contributed by atoms with E-state index in [0.29, 0.717) is 25.9 Å². The lowest BCUT2D eigenvalue weighted by atomic mass is 9.92. The summed E-state index contributed by atoms with van der Waals surface area (Å²) in [6, 6.07) is 4.27. The van der Waals surface area contributed by atoms with Crippen LogP contribution in [0.3, 0.4) is 0 Å². The van der Waals surface area contributed by atoms with E-state index in [-0.39, 0.29) is 30.0 Å². The molecule has 148 valence electrons. The van der Waals surface area contributed by atoms with Crippen molar-refractivity contribution in [2.45, 2.75) is 56.7 Å². The lowest BCUT2D eigenvalue weighted by Crippen LogP contribution is -2.52. The van der Waals surface area contributed by atoms with Gasteiger partial charge in [0.25, 0.3) is 0 Å². The molecule has 3 aliphatic heterocycles. The number of carbonyl (C=O) groups excluding carboxylic acids is 1. The summed E-state index contributed by atoms with van der Waals surface area (Å²) in [4.78, 5) is 19.3. The van der Waals surface area contributed by atoms with Gasteiger partial charge in [-0.05, 0) is 37.8 Å². The molecule has 3 fully saturated rings. The number of pyridine rings is 1. The molecule has 2 bridgehead atoms. The van der Waals surface area contributed by atoms with Crippen LogP contribution in [0.2, 0.25) is 0 Å². The van der Waals surface area contributed by atoms with E-state index < -0.39 is 10.0 Å². The number of fused-ring (bicyclic) bond motifs is 2. The zero-order valence-electron chi connectivity index (χ0n) is 15.7. The van der Waals surface area contributed by atoms with E-state index in [1.807, 2.05) is 12.1 Å². The molecule has 7 nitrogen and oxygen atoms in total. The molecular formula is C19H27N3O4S. The van der Waals surface area contributed by atoms with Gasteiger partial charge in [-0.25, -0.2) is 12.7 Å². The molecule has 1 aromatic rings. The minimum absolute atomic E-state index is 0.0538. The van der Waals surface area contributed by atoms with Gasteiger partial charge >= 0.3 is 0 Å². The van der Waals surface area contributed by atoms with Crippen molar-refractivity contribution in [1.82, 2.24) is 14.2 Å². The standard InChI is InChI=1S/C19H27N3O4S/c1-27(24,25)21-9-6-14(7-10-21)19(23)22-15-4-5-16(22)12-18(11-15)26-17-3-2-8-20-13-17/h2-3,8,13-16,18H,4-7,9-12H2,1H3. The van der Waals surface area contributed by atoms with Crippen molar-refractivity contribution >= 4 is 15.9 Å². The van der Waals surface area contributed by atoms with E-state index >= 15 is 0 Å². The molecule has 4 heterocycles. The Morgan fingerprint density at radius 1 is 1.15 bits per heavy atom. The molecule has 0 spiro atoms. The second-order valence-corrected chi connectivity index (χ2v) is 9.95. The Morgan fingerprint density at radius 3 is 2.37 bits per heavy atom. The van der Waals surface area contributed by atoms with Crippen molar-refractivity contribution in [3.8, 4) is 5.75 Å². The summed E-state index contributed by atoms with van der Waals surface area (Å²) in [6.45, 7) is 0.899. The van der Waals surface area contributed by atoms with Crippen LogP contribution in [0.4, 0.5) is 0 Å². The third-order valence-corrected chi connectivity index (χ3v) is 7.46. The number of carbonyl (C=O) groups is 1. The molecule has 0 radical (unpaired) electrons. The Morgan fingerprint density at radius 2 is 1.81 bits per heavy atom. The van der Waals surface area contributed by atoms with Gasteiger partial charge in [-0.3, -0.25) is 9.78 Å². The number of ether oxygens (including phenoxy) is 1. The van der Waals surface area contributed by atoms with Crippen molar-refractivity contribution in [1.29, 1.82) is 0 Å². The van der Waals surface area contributed by atoms with E-state index in [1.54, 1.807) is 12.4 Å². The van der Waals surface area contributed by atoms with Crippen LogP contribution < -0.4 is 4.74 Å². The van der Waals surface area contributed by atoms with Crippen LogP contribution >= 0.6 is 0 Å². The molecule has 3 saturated heterocycles. The quantitative estimate of drug-likeness (QED) is 0.777. The first-order chi connectivity index (χ1) is 12.9. The highest BCUT2D eigenvalue weighted by atomic mass is 32.2. The highest BCUT2D eigenvalue weighted by Gasteiger charge is 2.46. The van der Waals surface area contributed by atoms with Gasteiger partial charge in [0, 0.05) is 50.1 Å². The Bertz CT molecular complexity index is 763. The number of hydrogen-bond donors (Lipinski definition) is 0. The van der Waals surface area contributed by atoms with E-state index in [9.17, 15) is 13.2 Å². The Balaban J connectivity index is 1.36. The summed E-state index contributed by atoms with van der Waals surface area (Å²) in [5.41, 5.74) is 0. The van der Waals surface area contributed by atoms with Crippen LogP contribution in [0.15, 0.2) is 24.5 Å². The molecule has 2 atom stereocenters. The van der Waals surface area contributed by atoms with Gasteiger partial charge < -0.3 is 9.64 Å². The number of piperidine rings is 2. The molecule has 0 aromatic carbocycles. The monoisotopic (exact) mass is 393 g/mol. The van der Waals surface area contributed by atoms with Crippen LogP contribution in [-0.4, -0.2) is 66.0 Å². The average molecular weight is 394 g/mol. The second-order valence-electron chi connectivity index (χ2n) is 7.97. The fraction of sp³-hybridized carbons (Fsp3) is 0.684. The molecule has 0 aliphatic carbocycles. The van der Waals surface area contributed by atoms with Crippen molar-refractivity contribution in [3.63, 3.8) is 0 Å².